The summed E-state index contributed by atoms with van der Waals surface area (Å²) in [7, 11) is 0. The van der Waals surface area contributed by atoms with Gasteiger partial charge in [0.2, 0.25) is 0 Å². The summed E-state index contributed by atoms with van der Waals surface area (Å²) in [5, 5.41) is 0. The SMILES string of the molecule is CC1CCCN(c2ccc(F)cc2C(C)N)C1. The molecule has 0 bridgehead atoms. The lowest BCUT2D eigenvalue weighted by molar-refractivity contribution is 0.445. The van der Waals surface area contributed by atoms with Crippen molar-refractivity contribution in [3.05, 3.63) is 29.6 Å². The van der Waals surface area contributed by atoms with E-state index in [4.69, 9.17) is 5.73 Å². The lowest BCUT2D eigenvalue weighted by Gasteiger charge is -2.34. The maximum Gasteiger partial charge on any atom is 0.123 e. The van der Waals surface area contributed by atoms with Gasteiger partial charge in [0, 0.05) is 24.8 Å². The van der Waals surface area contributed by atoms with Gasteiger partial charge in [0.25, 0.3) is 0 Å². The van der Waals surface area contributed by atoms with Crippen LogP contribution >= 0.6 is 0 Å². The van der Waals surface area contributed by atoms with Gasteiger partial charge in [-0.1, -0.05) is 6.92 Å². The monoisotopic (exact) mass is 236 g/mol. The van der Waals surface area contributed by atoms with E-state index in [1.807, 2.05) is 13.0 Å². The van der Waals surface area contributed by atoms with Gasteiger partial charge in [0.1, 0.15) is 5.82 Å². The molecular formula is C14H21FN2. The zero-order chi connectivity index (χ0) is 12.4. The van der Waals surface area contributed by atoms with Crippen LogP contribution in [0.15, 0.2) is 18.2 Å². The summed E-state index contributed by atoms with van der Waals surface area (Å²) in [6.07, 6.45) is 2.49. The van der Waals surface area contributed by atoms with Crippen molar-refractivity contribution in [2.45, 2.75) is 32.7 Å². The Balaban J connectivity index is 2.30. The Hall–Kier alpha value is -1.09. The van der Waals surface area contributed by atoms with Crippen LogP contribution in [0.3, 0.4) is 0 Å². The molecule has 0 saturated carbocycles. The van der Waals surface area contributed by atoms with E-state index in [1.54, 1.807) is 6.07 Å². The quantitative estimate of drug-likeness (QED) is 0.855. The van der Waals surface area contributed by atoms with E-state index in [2.05, 4.69) is 11.8 Å². The molecular weight excluding hydrogens is 215 g/mol. The first-order valence-corrected chi connectivity index (χ1v) is 6.38. The van der Waals surface area contributed by atoms with Crippen molar-refractivity contribution in [3.63, 3.8) is 0 Å². The number of nitrogens with zero attached hydrogens (tertiary/aromatic N) is 1. The average molecular weight is 236 g/mol. The van der Waals surface area contributed by atoms with E-state index >= 15 is 0 Å². The number of anilines is 1. The Kier molecular flexibility index (Phi) is 3.67. The van der Waals surface area contributed by atoms with E-state index in [9.17, 15) is 4.39 Å². The first-order chi connectivity index (χ1) is 8.08. The Bertz CT molecular complexity index is 390. The molecule has 1 aromatic carbocycles. The predicted octanol–water partition coefficient (Wildman–Crippen LogP) is 3.08. The van der Waals surface area contributed by atoms with E-state index in [0.29, 0.717) is 5.92 Å². The van der Waals surface area contributed by atoms with Gasteiger partial charge in [-0.25, -0.2) is 4.39 Å². The van der Waals surface area contributed by atoms with Gasteiger partial charge in [-0.3, -0.25) is 0 Å². The molecule has 0 radical (unpaired) electrons. The van der Waals surface area contributed by atoms with E-state index in [-0.39, 0.29) is 11.9 Å². The molecule has 2 nitrogen and oxygen atoms in total. The standard InChI is InChI=1S/C14H21FN2/c1-10-4-3-7-17(9-10)14-6-5-12(15)8-13(14)11(2)16/h5-6,8,10-11H,3-4,7,9,16H2,1-2H3. The third kappa shape index (κ3) is 2.78. The lowest BCUT2D eigenvalue weighted by atomic mass is 9.97. The second-order valence-electron chi connectivity index (χ2n) is 5.19. The van der Waals surface area contributed by atoms with Gasteiger partial charge in [-0.2, -0.15) is 0 Å². The molecule has 2 unspecified atom stereocenters. The maximum atomic E-state index is 13.3. The van der Waals surface area contributed by atoms with Gasteiger partial charge >= 0.3 is 0 Å². The third-order valence-electron chi connectivity index (χ3n) is 3.48. The van der Waals surface area contributed by atoms with Crippen LogP contribution in [0, 0.1) is 11.7 Å². The minimum absolute atomic E-state index is 0.127. The molecule has 3 heteroatoms. The lowest BCUT2D eigenvalue weighted by Crippen LogP contribution is -2.35. The largest absolute Gasteiger partial charge is 0.371 e. The Morgan fingerprint density at radius 3 is 2.88 bits per heavy atom. The molecule has 1 saturated heterocycles. The molecule has 1 aromatic rings. The highest BCUT2D eigenvalue weighted by Gasteiger charge is 2.20. The molecule has 0 amide bonds. The number of benzene rings is 1. The molecule has 2 rings (SSSR count). The van der Waals surface area contributed by atoms with Crippen LogP contribution in [0.2, 0.25) is 0 Å². The van der Waals surface area contributed by atoms with Crippen LogP contribution in [-0.4, -0.2) is 13.1 Å². The van der Waals surface area contributed by atoms with Crippen molar-refractivity contribution >= 4 is 5.69 Å². The van der Waals surface area contributed by atoms with Crippen LogP contribution in [0.5, 0.6) is 0 Å². The number of hydrogen-bond donors (Lipinski definition) is 1. The first-order valence-electron chi connectivity index (χ1n) is 6.38. The summed E-state index contributed by atoms with van der Waals surface area (Å²) in [5.74, 6) is 0.501. The summed E-state index contributed by atoms with van der Waals surface area (Å²) in [6.45, 7) is 6.27. The fraction of sp³-hybridized carbons (Fsp3) is 0.571. The van der Waals surface area contributed by atoms with Crippen LogP contribution in [0.4, 0.5) is 10.1 Å². The minimum Gasteiger partial charge on any atom is -0.371 e. The van der Waals surface area contributed by atoms with Crippen molar-refractivity contribution in [3.8, 4) is 0 Å². The van der Waals surface area contributed by atoms with Gasteiger partial charge in [-0.15, -0.1) is 0 Å². The first kappa shape index (κ1) is 12.4. The topological polar surface area (TPSA) is 29.3 Å². The molecule has 2 atom stereocenters. The molecule has 94 valence electrons. The number of nitrogens with two attached hydrogens (primary N) is 1. The second-order valence-corrected chi connectivity index (χ2v) is 5.19. The van der Waals surface area contributed by atoms with Crippen LogP contribution in [0.25, 0.3) is 0 Å². The van der Waals surface area contributed by atoms with Gasteiger partial charge in [0.15, 0.2) is 0 Å². The van der Waals surface area contributed by atoms with E-state index < -0.39 is 0 Å². The zero-order valence-corrected chi connectivity index (χ0v) is 10.6. The number of piperidine rings is 1. The minimum atomic E-state index is -0.203. The van der Waals surface area contributed by atoms with Crippen LogP contribution < -0.4 is 10.6 Å². The third-order valence-corrected chi connectivity index (χ3v) is 3.48. The second kappa shape index (κ2) is 5.05. The van der Waals surface area contributed by atoms with Crippen molar-refractivity contribution in [2.75, 3.05) is 18.0 Å². The highest BCUT2D eigenvalue weighted by Crippen LogP contribution is 2.29. The zero-order valence-electron chi connectivity index (χ0n) is 10.6. The molecule has 1 fully saturated rings. The summed E-state index contributed by atoms with van der Waals surface area (Å²) in [6, 6.07) is 4.84. The Morgan fingerprint density at radius 2 is 2.24 bits per heavy atom. The van der Waals surface area contributed by atoms with Gasteiger partial charge in [-0.05, 0) is 49.4 Å². The molecule has 0 aromatic heterocycles. The van der Waals surface area contributed by atoms with Crippen molar-refractivity contribution < 1.29 is 4.39 Å². The molecule has 0 aliphatic carbocycles. The van der Waals surface area contributed by atoms with Crippen molar-refractivity contribution in [2.24, 2.45) is 11.7 Å². The van der Waals surface area contributed by atoms with Crippen molar-refractivity contribution in [1.82, 2.24) is 0 Å². The molecule has 1 aliphatic rings. The van der Waals surface area contributed by atoms with Gasteiger partial charge in [0.05, 0.1) is 0 Å². The smallest absolute Gasteiger partial charge is 0.123 e. The number of hydrogen-bond acceptors (Lipinski definition) is 2. The molecule has 1 heterocycles. The fourth-order valence-electron chi connectivity index (χ4n) is 2.59. The fourth-order valence-corrected chi connectivity index (χ4v) is 2.59. The number of halogens is 1. The summed E-state index contributed by atoms with van der Waals surface area (Å²) < 4.78 is 13.3. The van der Waals surface area contributed by atoms with E-state index in [1.165, 1.54) is 18.9 Å². The summed E-state index contributed by atoms with van der Waals surface area (Å²) in [4.78, 5) is 2.34. The average Bonchev–Trinajstić information content (AvgIpc) is 2.28. The van der Waals surface area contributed by atoms with Crippen molar-refractivity contribution in [1.29, 1.82) is 0 Å². The van der Waals surface area contributed by atoms with Crippen LogP contribution in [-0.2, 0) is 0 Å². The normalized spacial score (nSPS) is 22.6. The highest BCUT2D eigenvalue weighted by molar-refractivity contribution is 5.55. The Morgan fingerprint density at radius 1 is 1.47 bits per heavy atom. The molecule has 0 spiro atoms. The molecule has 17 heavy (non-hydrogen) atoms. The summed E-state index contributed by atoms with van der Waals surface area (Å²) >= 11 is 0. The number of rotatable bonds is 2. The van der Waals surface area contributed by atoms with E-state index in [0.717, 1.165) is 24.3 Å². The summed E-state index contributed by atoms with van der Waals surface area (Å²) in [5.41, 5.74) is 7.95. The molecule has 2 N–H and O–H groups in total. The van der Waals surface area contributed by atoms with Gasteiger partial charge < -0.3 is 10.6 Å². The molecule has 1 aliphatic heterocycles. The predicted molar refractivity (Wildman–Crippen MR) is 69.6 cm³/mol. The maximum absolute atomic E-state index is 13.3. The highest BCUT2D eigenvalue weighted by atomic mass is 19.1. The Labute approximate surface area is 103 Å². The van der Waals surface area contributed by atoms with Crippen LogP contribution in [0.1, 0.15) is 38.3 Å².